The molecule has 1 atom stereocenters. The van der Waals surface area contributed by atoms with Crippen molar-refractivity contribution in [3.63, 3.8) is 0 Å². The van der Waals surface area contributed by atoms with Crippen molar-refractivity contribution in [1.82, 2.24) is 24.9 Å². The molecule has 0 saturated heterocycles. The zero-order valence-corrected chi connectivity index (χ0v) is 16.2. The molecule has 3 heterocycles. The zero-order chi connectivity index (χ0) is 20.5. The van der Waals surface area contributed by atoms with E-state index in [2.05, 4.69) is 55.4 Å². The summed E-state index contributed by atoms with van der Waals surface area (Å²) < 4.78 is 0. The Labute approximate surface area is 172 Å². The van der Waals surface area contributed by atoms with E-state index in [0.29, 0.717) is 22.9 Å². The molecule has 5 aromatic rings. The molecule has 3 aromatic heterocycles. The Morgan fingerprint density at radius 3 is 2.77 bits per heavy atom. The number of nitriles is 1. The van der Waals surface area contributed by atoms with E-state index < -0.39 is 0 Å². The topological polar surface area (TPSA) is 103 Å². The number of fused-ring (bicyclic) bond motifs is 2. The van der Waals surface area contributed by atoms with Gasteiger partial charge in [0.2, 0.25) is 5.95 Å². The van der Waals surface area contributed by atoms with Crippen LogP contribution < -0.4 is 5.32 Å². The molecule has 0 fully saturated rings. The Morgan fingerprint density at radius 2 is 1.93 bits per heavy atom. The molecule has 7 heteroatoms. The molecule has 0 aliphatic rings. The van der Waals surface area contributed by atoms with Crippen LogP contribution in [0.4, 0.5) is 5.95 Å². The molecule has 0 radical (unpaired) electrons. The zero-order valence-electron chi connectivity index (χ0n) is 16.2. The van der Waals surface area contributed by atoms with Crippen molar-refractivity contribution in [3.05, 3.63) is 78.4 Å². The minimum absolute atomic E-state index is 0.0928. The number of nitrogens with one attached hydrogen (secondary N) is 2. The van der Waals surface area contributed by atoms with Crippen molar-refractivity contribution < 1.29 is 0 Å². The van der Waals surface area contributed by atoms with Crippen molar-refractivity contribution in [2.45, 2.75) is 13.0 Å². The fraction of sp³-hybridized carbons (Fsp3) is 0.0870. The Morgan fingerprint density at radius 1 is 1.07 bits per heavy atom. The maximum atomic E-state index is 9.40. The van der Waals surface area contributed by atoms with E-state index in [4.69, 9.17) is 0 Å². The van der Waals surface area contributed by atoms with E-state index in [1.807, 2.05) is 36.4 Å². The van der Waals surface area contributed by atoms with Crippen LogP contribution in [0.1, 0.15) is 24.1 Å². The minimum Gasteiger partial charge on any atom is -0.348 e. The summed E-state index contributed by atoms with van der Waals surface area (Å²) in [6, 6.07) is 18.3. The first-order valence-corrected chi connectivity index (χ1v) is 9.54. The summed E-state index contributed by atoms with van der Waals surface area (Å²) in [5, 5.41) is 14.4. The molecular formula is C23H17N7. The fourth-order valence-corrected chi connectivity index (χ4v) is 3.54. The van der Waals surface area contributed by atoms with Crippen LogP contribution in [0.2, 0.25) is 0 Å². The third kappa shape index (κ3) is 3.10. The highest BCUT2D eigenvalue weighted by Crippen LogP contribution is 2.30. The predicted octanol–water partition coefficient (Wildman–Crippen LogP) is 4.61. The number of aromatic nitrogens is 5. The first kappa shape index (κ1) is 17.8. The quantitative estimate of drug-likeness (QED) is 0.464. The smallest absolute Gasteiger partial charge is 0.223 e. The Bertz CT molecular complexity index is 1400. The van der Waals surface area contributed by atoms with Crippen LogP contribution in [0.3, 0.4) is 0 Å². The highest BCUT2D eigenvalue weighted by atomic mass is 15.1. The first-order valence-electron chi connectivity index (χ1n) is 9.54. The second kappa shape index (κ2) is 7.26. The molecule has 2 aromatic carbocycles. The number of aromatic amines is 1. The second-order valence-electron chi connectivity index (χ2n) is 7.00. The van der Waals surface area contributed by atoms with Gasteiger partial charge in [-0.25, -0.2) is 19.9 Å². The molecule has 0 unspecified atom stereocenters. The van der Waals surface area contributed by atoms with E-state index in [9.17, 15) is 5.26 Å². The third-order valence-corrected chi connectivity index (χ3v) is 5.09. The van der Waals surface area contributed by atoms with Gasteiger partial charge >= 0.3 is 0 Å². The van der Waals surface area contributed by atoms with E-state index in [-0.39, 0.29) is 6.04 Å². The molecule has 0 aliphatic carbocycles. The number of benzene rings is 2. The first-order chi connectivity index (χ1) is 14.7. The third-order valence-electron chi connectivity index (χ3n) is 5.09. The summed E-state index contributed by atoms with van der Waals surface area (Å²) in [6.45, 7) is 2.08. The van der Waals surface area contributed by atoms with Crippen molar-refractivity contribution in [3.8, 4) is 17.3 Å². The molecule has 0 saturated carbocycles. The van der Waals surface area contributed by atoms with E-state index in [1.54, 1.807) is 12.4 Å². The molecular weight excluding hydrogens is 374 g/mol. The van der Waals surface area contributed by atoms with Crippen molar-refractivity contribution in [1.29, 1.82) is 5.26 Å². The normalized spacial score (nSPS) is 12.0. The van der Waals surface area contributed by atoms with E-state index in [1.165, 1.54) is 11.9 Å². The Balaban J connectivity index is 1.50. The van der Waals surface area contributed by atoms with Crippen LogP contribution in [-0.2, 0) is 0 Å². The number of hydrogen-bond acceptors (Lipinski definition) is 6. The van der Waals surface area contributed by atoms with Gasteiger partial charge in [0.1, 0.15) is 18.0 Å². The van der Waals surface area contributed by atoms with Crippen LogP contribution in [0.5, 0.6) is 0 Å². The van der Waals surface area contributed by atoms with E-state index >= 15 is 0 Å². The summed E-state index contributed by atoms with van der Waals surface area (Å²) in [7, 11) is 0. The lowest BCUT2D eigenvalue weighted by molar-refractivity contribution is 0.864. The van der Waals surface area contributed by atoms with Gasteiger partial charge in [-0.15, -0.1) is 0 Å². The van der Waals surface area contributed by atoms with Gasteiger partial charge in [0.15, 0.2) is 0 Å². The second-order valence-corrected chi connectivity index (χ2v) is 7.00. The van der Waals surface area contributed by atoms with Gasteiger partial charge in [-0.3, -0.25) is 0 Å². The summed E-state index contributed by atoms with van der Waals surface area (Å²) in [5.74, 6) is 0.577. The van der Waals surface area contributed by atoms with Gasteiger partial charge in [-0.2, -0.15) is 5.26 Å². The van der Waals surface area contributed by atoms with Gasteiger partial charge in [0.25, 0.3) is 0 Å². The molecule has 0 bridgehead atoms. The maximum Gasteiger partial charge on any atom is 0.223 e. The SMILES string of the molecule is C[C@@H](Nc1ncc2cc(-c3ncnc4[nH]cc(C#N)c34)ccc2n1)c1ccccc1. The predicted molar refractivity (Wildman–Crippen MR) is 116 cm³/mol. The number of H-pyrrole nitrogens is 1. The van der Waals surface area contributed by atoms with Crippen molar-refractivity contribution in [2.75, 3.05) is 5.32 Å². The molecule has 7 nitrogen and oxygen atoms in total. The summed E-state index contributed by atoms with van der Waals surface area (Å²) in [6.07, 6.45) is 4.94. The maximum absolute atomic E-state index is 9.40. The largest absolute Gasteiger partial charge is 0.348 e. The fourth-order valence-electron chi connectivity index (χ4n) is 3.54. The van der Waals surface area contributed by atoms with Crippen LogP contribution in [0, 0.1) is 11.3 Å². The highest BCUT2D eigenvalue weighted by molar-refractivity contribution is 5.97. The summed E-state index contributed by atoms with van der Waals surface area (Å²) >= 11 is 0. The van der Waals surface area contributed by atoms with Crippen molar-refractivity contribution >= 4 is 27.9 Å². The molecule has 30 heavy (non-hydrogen) atoms. The van der Waals surface area contributed by atoms with Crippen molar-refractivity contribution in [2.24, 2.45) is 0 Å². The average molecular weight is 391 g/mol. The van der Waals surface area contributed by atoms with Crippen LogP contribution in [-0.4, -0.2) is 24.9 Å². The van der Waals surface area contributed by atoms with Crippen LogP contribution in [0.15, 0.2) is 67.3 Å². The van der Waals surface area contributed by atoms with Gasteiger partial charge in [-0.05, 0) is 24.6 Å². The number of anilines is 1. The average Bonchev–Trinajstić information content (AvgIpc) is 3.23. The summed E-state index contributed by atoms with van der Waals surface area (Å²) in [5.41, 5.74) is 4.75. The molecule has 0 spiro atoms. The molecule has 0 aliphatic heterocycles. The lowest BCUT2D eigenvalue weighted by Gasteiger charge is -2.14. The summed E-state index contributed by atoms with van der Waals surface area (Å²) in [4.78, 5) is 20.8. The van der Waals surface area contributed by atoms with Crippen LogP contribution >= 0.6 is 0 Å². The number of hydrogen-bond donors (Lipinski definition) is 2. The van der Waals surface area contributed by atoms with Crippen LogP contribution in [0.25, 0.3) is 33.2 Å². The molecule has 5 rings (SSSR count). The van der Waals surface area contributed by atoms with Gasteiger partial charge in [0, 0.05) is 23.3 Å². The lowest BCUT2D eigenvalue weighted by Crippen LogP contribution is -2.09. The Hall–Kier alpha value is -4.31. The molecule has 2 N–H and O–H groups in total. The lowest BCUT2D eigenvalue weighted by atomic mass is 10.0. The van der Waals surface area contributed by atoms with Gasteiger partial charge < -0.3 is 10.3 Å². The molecule has 0 amide bonds. The highest BCUT2D eigenvalue weighted by Gasteiger charge is 2.14. The van der Waals surface area contributed by atoms with Gasteiger partial charge in [-0.1, -0.05) is 36.4 Å². The van der Waals surface area contributed by atoms with Gasteiger partial charge in [0.05, 0.1) is 28.2 Å². The van der Waals surface area contributed by atoms with E-state index in [0.717, 1.165) is 21.9 Å². The number of rotatable bonds is 4. The standard InChI is InChI=1S/C23H17N7/c1-14(15-5-3-2-4-6-15)29-23-26-11-17-9-16(7-8-19(17)30-23)21-20-18(10-24)12-25-22(20)28-13-27-21/h2-9,11-14H,1H3,(H,25,27,28)(H,26,29,30)/t14-/m1/s1. The Kier molecular flexibility index (Phi) is 4.30. The number of nitrogens with zero attached hydrogens (tertiary/aromatic N) is 5. The monoisotopic (exact) mass is 391 g/mol. The minimum atomic E-state index is 0.0928. The molecule has 144 valence electrons.